The molecule has 0 aliphatic heterocycles. The Hall–Kier alpha value is -1.44. The molecule has 0 aliphatic rings. The lowest BCUT2D eigenvalue weighted by atomic mass is 10.3. The number of aromatic carboxylic acids is 1. The van der Waals surface area contributed by atoms with Gasteiger partial charge in [0.2, 0.25) is 0 Å². The highest BCUT2D eigenvalue weighted by Gasteiger charge is 2.15. The van der Waals surface area contributed by atoms with Crippen molar-refractivity contribution >= 4 is 28.2 Å². The number of hydrogen-bond acceptors (Lipinski definition) is 5. The molecule has 2 N–H and O–H groups in total. The number of aryl methyl sites for hydroxylation is 1. The van der Waals surface area contributed by atoms with Gasteiger partial charge in [-0.25, -0.2) is 4.79 Å². The predicted octanol–water partition coefficient (Wildman–Crippen LogP) is 1.36. The van der Waals surface area contributed by atoms with E-state index in [1.165, 1.54) is 24.5 Å². The number of carboxylic acids is 1. The quantitative estimate of drug-likeness (QED) is 0.733. The molecule has 0 aliphatic carbocycles. The van der Waals surface area contributed by atoms with E-state index in [2.05, 4.69) is 5.32 Å². The van der Waals surface area contributed by atoms with Gasteiger partial charge in [-0.3, -0.25) is 4.79 Å². The number of ether oxygens (including phenoxy) is 2. The third-order valence-corrected chi connectivity index (χ3v) is 2.97. The summed E-state index contributed by atoms with van der Waals surface area (Å²) >= 11 is 1.22. The number of nitrogens with one attached hydrogen (secondary N) is 1. The molecule has 0 atom stereocenters. The minimum Gasteiger partial charge on any atom is -0.478 e. The molecule has 0 saturated heterocycles. The first kappa shape index (κ1) is 14.6. The minimum absolute atomic E-state index is 0.0998. The Morgan fingerprint density at radius 3 is 2.78 bits per heavy atom. The maximum absolute atomic E-state index is 11.5. The van der Waals surface area contributed by atoms with Gasteiger partial charge in [-0.05, 0) is 13.0 Å². The molecule has 1 amide bonds. The van der Waals surface area contributed by atoms with Crippen LogP contribution in [-0.2, 0) is 14.3 Å². The number of anilines is 1. The smallest absolute Gasteiger partial charge is 0.338 e. The summed E-state index contributed by atoms with van der Waals surface area (Å²) in [5.74, 6) is -1.44. The van der Waals surface area contributed by atoms with Crippen molar-refractivity contribution in [1.82, 2.24) is 0 Å². The van der Waals surface area contributed by atoms with Crippen LogP contribution in [-0.4, -0.2) is 43.9 Å². The van der Waals surface area contributed by atoms with Crippen LogP contribution in [0.25, 0.3) is 0 Å². The summed E-state index contributed by atoms with van der Waals surface area (Å²) in [5, 5.41) is 11.8. The fourth-order valence-corrected chi connectivity index (χ4v) is 2.16. The molecule has 1 aromatic rings. The van der Waals surface area contributed by atoms with Gasteiger partial charge in [0.25, 0.3) is 5.91 Å². The molecular formula is C11H15NO5S. The lowest BCUT2D eigenvalue weighted by Gasteiger charge is -2.05. The average molecular weight is 273 g/mol. The van der Waals surface area contributed by atoms with E-state index < -0.39 is 5.97 Å². The Labute approximate surface area is 109 Å². The first-order valence-corrected chi connectivity index (χ1v) is 6.06. The Bertz CT molecular complexity index is 429. The van der Waals surface area contributed by atoms with Gasteiger partial charge in [0.05, 0.1) is 18.8 Å². The molecule has 0 spiro atoms. The van der Waals surface area contributed by atoms with Crippen LogP contribution < -0.4 is 5.32 Å². The summed E-state index contributed by atoms with van der Waals surface area (Å²) in [6.45, 7) is 2.38. The maximum Gasteiger partial charge on any atom is 0.338 e. The summed E-state index contributed by atoms with van der Waals surface area (Å²) in [5.41, 5.74) is 0.0998. The summed E-state index contributed by atoms with van der Waals surface area (Å²) in [7, 11) is 1.54. The number of amides is 1. The Kier molecular flexibility index (Phi) is 5.76. The van der Waals surface area contributed by atoms with Gasteiger partial charge >= 0.3 is 5.97 Å². The highest BCUT2D eigenvalue weighted by molar-refractivity contribution is 7.16. The molecule has 18 heavy (non-hydrogen) atoms. The lowest BCUT2D eigenvalue weighted by Crippen LogP contribution is -2.20. The van der Waals surface area contributed by atoms with Crippen molar-refractivity contribution in [3.05, 3.63) is 16.5 Å². The molecule has 1 aromatic heterocycles. The third kappa shape index (κ3) is 4.44. The second-order valence-electron chi connectivity index (χ2n) is 3.50. The van der Waals surface area contributed by atoms with Crippen molar-refractivity contribution in [3.63, 3.8) is 0 Å². The number of methoxy groups -OCH3 is 1. The van der Waals surface area contributed by atoms with E-state index in [0.29, 0.717) is 18.2 Å². The van der Waals surface area contributed by atoms with Gasteiger partial charge in [-0.1, -0.05) is 0 Å². The van der Waals surface area contributed by atoms with Gasteiger partial charge < -0.3 is 19.9 Å². The van der Waals surface area contributed by atoms with Crippen molar-refractivity contribution < 1.29 is 24.2 Å². The fraction of sp³-hybridized carbons (Fsp3) is 0.455. The number of hydrogen-bond donors (Lipinski definition) is 2. The van der Waals surface area contributed by atoms with Crippen LogP contribution in [0.2, 0.25) is 0 Å². The highest BCUT2D eigenvalue weighted by Crippen LogP contribution is 2.27. The van der Waals surface area contributed by atoms with E-state index in [9.17, 15) is 9.59 Å². The topological polar surface area (TPSA) is 84.9 Å². The maximum atomic E-state index is 11.5. The molecule has 1 rings (SSSR count). The van der Waals surface area contributed by atoms with Crippen LogP contribution in [0.4, 0.5) is 5.00 Å². The van der Waals surface area contributed by atoms with Crippen LogP contribution in [0.1, 0.15) is 15.2 Å². The molecule has 0 unspecified atom stereocenters. The van der Waals surface area contributed by atoms with Crippen LogP contribution in [0, 0.1) is 6.92 Å². The van der Waals surface area contributed by atoms with E-state index in [1.54, 1.807) is 6.92 Å². The SMILES string of the molecule is COCCOCC(=O)Nc1sc(C)cc1C(=O)O. The normalized spacial score (nSPS) is 10.3. The van der Waals surface area contributed by atoms with E-state index in [4.69, 9.17) is 14.6 Å². The van der Waals surface area contributed by atoms with E-state index in [-0.39, 0.29) is 18.1 Å². The van der Waals surface area contributed by atoms with Crippen molar-refractivity contribution in [2.24, 2.45) is 0 Å². The number of carbonyl (C=O) groups excluding carboxylic acids is 1. The van der Waals surface area contributed by atoms with E-state index >= 15 is 0 Å². The van der Waals surface area contributed by atoms with E-state index in [0.717, 1.165) is 4.88 Å². The third-order valence-electron chi connectivity index (χ3n) is 2.00. The van der Waals surface area contributed by atoms with Crippen molar-refractivity contribution in [2.45, 2.75) is 6.92 Å². The summed E-state index contributed by atoms with van der Waals surface area (Å²) in [6.07, 6.45) is 0. The fourth-order valence-electron chi connectivity index (χ4n) is 1.24. The highest BCUT2D eigenvalue weighted by atomic mass is 32.1. The zero-order valence-electron chi connectivity index (χ0n) is 10.2. The molecule has 0 aromatic carbocycles. The van der Waals surface area contributed by atoms with Crippen molar-refractivity contribution in [2.75, 3.05) is 32.2 Å². The Morgan fingerprint density at radius 1 is 1.44 bits per heavy atom. The number of thiophene rings is 1. The molecule has 0 radical (unpaired) electrons. The largest absolute Gasteiger partial charge is 0.478 e. The number of carbonyl (C=O) groups is 2. The van der Waals surface area contributed by atoms with Gasteiger partial charge in [-0.2, -0.15) is 0 Å². The first-order chi connectivity index (χ1) is 8.54. The average Bonchev–Trinajstić information content (AvgIpc) is 2.66. The lowest BCUT2D eigenvalue weighted by molar-refractivity contribution is -0.121. The van der Waals surface area contributed by atoms with Gasteiger partial charge in [0.15, 0.2) is 0 Å². The molecule has 100 valence electrons. The molecule has 1 heterocycles. The molecular weight excluding hydrogens is 258 g/mol. The summed E-state index contributed by atoms with van der Waals surface area (Å²) in [4.78, 5) is 23.2. The second-order valence-corrected chi connectivity index (χ2v) is 4.75. The minimum atomic E-state index is -1.06. The van der Waals surface area contributed by atoms with Crippen LogP contribution in [0.15, 0.2) is 6.07 Å². The standard InChI is InChI=1S/C11H15NO5S/c1-7-5-8(11(14)15)10(18-7)12-9(13)6-17-4-3-16-2/h5H,3-4,6H2,1-2H3,(H,12,13)(H,14,15). The van der Waals surface area contributed by atoms with Crippen molar-refractivity contribution in [1.29, 1.82) is 0 Å². The number of rotatable bonds is 7. The molecule has 0 fully saturated rings. The molecule has 0 saturated carbocycles. The summed E-state index contributed by atoms with van der Waals surface area (Å²) in [6, 6.07) is 1.52. The zero-order chi connectivity index (χ0) is 13.5. The van der Waals surface area contributed by atoms with Crippen LogP contribution in [0.3, 0.4) is 0 Å². The Morgan fingerprint density at radius 2 is 2.17 bits per heavy atom. The predicted molar refractivity (Wildman–Crippen MR) is 67.3 cm³/mol. The van der Waals surface area contributed by atoms with Crippen LogP contribution in [0.5, 0.6) is 0 Å². The Balaban J connectivity index is 2.51. The first-order valence-electron chi connectivity index (χ1n) is 5.25. The van der Waals surface area contributed by atoms with Gasteiger partial charge in [0, 0.05) is 12.0 Å². The second kappa shape index (κ2) is 7.10. The summed E-state index contributed by atoms with van der Waals surface area (Å²) < 4.78 is 9.80. The zero-order valence-corrected chi connectivity index (χ0v) is 11.0. The van der Waals surface area contributed by atoms with Crippen molar-refractivity contribution in [3.8, 4) is 0 Å². The molecule has 6 nitrogen and oxygen atoms in total. The van der Waals surface area contributed by atoms with E-state index in [1.807, 2.05) is 0 Å². The molecule has 7 heteroatoms. The molecule has 0 bridgehead atoms. The monoisotopic (exact) mass is 273 g/mol. The van der Waals surface area contributed by atoms with Gasteiger partial charge in [-0.15, -0.1) is 11.3 Å². The number of carboxylic acid groups (broad SMARTS) is 1. The van der Waals surface area contributed by atoms with Crippen LogP contribution >= 0.6 is 11.3 Å². The van der Waals surface area contributed by atoms with Gasteiger partial charge in [0.1, 0.15) is 11.6 Å².